The van der Waals surface area contributed by atoms with Crippen molar-refractivity contribution in [2.75, 3.05) is 5.32 Å². The lowest BCUT2D eigenvalue weighted by molar-refractivity contribution is -0.117. The largest absolute Gasteiger partial charge is 0.326 e. The normalized spacial score (nSPS) is 12.3. The first-order valence-electron chi connectivity index (χ1n) is 7.71. The van der Waals surface area contributed by atoms with E-state index in [1.54, 1.807) is 18.2 Å². The number of rotatable bonds is 5. The van der Waals surface area contributed by atoms with E-state index in [1.807, 2.05) is 19.1 Å². The van der Waals surface area contributed by atoms with Gasteiger partial charge in [0.05, 0.1) is 16.0 Å². The summed E-state index contributed by atoms with van der Waals surface area (Å²) in [5.41, 5.74) is 2.93. The van der Waals surface area contributed by atoms with E-state index in [-0.39, 0.29) is 11.8 Å². The third-order valence-electron chi connectivity index (χ3n) is 3.70. The van der Waals surface area contributed by atoms with Crippen molar-refractivity contribution in [3.8, 4) is 0 Å². The van der Waals surface area contributed by atoms with Crippen molar-refractivity contribution in [1.29, 1.82) is 0 Å². The molecule has 0 unspecified atom stereocenters. The highest BCUT2D eigenvalue weighted by Crippen LogP contribution is 2.26. The van der Waals surface area contributed by atoms with Crippen LogP contribution in [-0.4, -0.2) is 5.91 Å². The van der Waals surface area contributed by atoms with Gasteiger partial charge in [-0.15, -0.1) is 0 Å². The van der Waals surface area contributed by atoms with Gasteiger partial charge in [0.15, 0.2) is 0 Å². The summed E-state index contributed by atoms with van der Waals surface area (Å²) in [6.07, 6.45) is 1.05. The highest BCUT2D eigenvalue weighted by Gasteiger charge is 2.15. The van der Waals surface area contributed by atoms with Crippen LogP contribution >= 0.6 is 23.2 Å². The SMILES string of the molecule is CC(C)Cc1ccc([C@@H](C)C(=O)Nc2ccc(Cl)c(Cl)c2)cc1. The molecule has 23 heavy (non-hydrogen) atoms. The van der Waals surface area contributed by atoms with Gasteiger partial charge in [0.2, 0.25) is 5.91 Å². The first-order chi connectivity index (χ1) is 10.9. The molecule has 0 heterocycles. The monoisotopic (exact) mass is 349 g/mol. The van der Waals surface area contributed by atoms with Gasteiger partial charge in [-0.3, -0.25) is 4.79 Å². The van der Waals surface area contributed by atoms with Crippen molar-refractivity contribution >= 4 is 34.8 Å². The van der Waals surface area contributed by atoms with E-state index in [2.05, 4.69) is 31.3 Å². The van der Waals surface area contributed by atoms with Crippen molar-refractivity contribution in [1.82, 2.24) is 0 Å². The molecule has 0 bridgehead atoms. The molecule has 2 nitrogen and oxygen atoms in total. The number of carbonyl (C=O) groups is 1. The predicted octanol–water partition coefficient (Wildman–Crippen LogP) is 5.93. The van der Waals surface area contributed by atoms with Gasteiger partial charge in [-0.2, -0.15) is 0 Å². The molecule has 0 aromatic heterocycles. The Morgan fingerprint density at radius 1 is 1.00 bits per heavy atom. The molecule has 0 aliphatic heterocycles. The van der Waals surface area contributed by atoms with E-state index >= 15 is 0 Å². The highest BCUT2D eigenvalue weighted by atomic mass is 35.5. The second-order valence-corrected chi connectivity index (χ2v) is 6.99. The summed E-state index contributed by atoms with van der Waals surface area (Å²) in [6.45, 7) is 6.28. The molecule has 2 rings (SSSR count). The second kappa shape index (κ2) is 7.85. The van der Waals surface area contributed by atoms with E-state index in [0.717, 1.165) is 12.0 Å². The molecule has 1 amide bonds. The lowest BCUT2D eigenvalue weighted by Crippen LogP contribution is -2.18. The molecule has 4 heteroatoms. The zero-order chi connectivity index (χ0) is 17.0. The van der Waals surface area contributed by atoms with Crippen LogP contribution in [0.4, 0.5) is 5.69 Å². The van der Waals surface area contributed by atoms with Crippen LogP contribution in [0, 0.1) is 5.92 Å². The molecule has 2 aromatic rings. The van der Waals surface area contributed by atoms with E-state index in [0.29, 0.717) is 21.7 Å². The summed E-state index contributed by atoms with van der Waals surface area (Å²) < 4.78 is 0. The third kappa shape index (κ3) is 4.98. The van der Waals surface area contributed by atoms with Crippen LogP contribution in [0.1, 0.15) is 37.8 Å². The van der Waals surface area contributed by atoms with Crippen LogP contribution in [0.25, 0.3) is 0 Å². The quantitative estimate of drug-likeness (QED) is 0.711. The van der Waals surface area contributed by atoms with Crippen molar-refractivity contribution in [3.63, 3.8) is 0 Å². The van der Waals surface area contributed by atoms with Crippen molar-refractivity contribution in [2.45, 2.75) is 33.1 Å². The van der Waals surface area contributed by atoms with Crippen LogP contribution in [-0.2, 0) is 11.2 Å². The number of carbonyl (C=O) groups excluding carboxylic acids is 1. The van der Waals surface area contributed by atoms with E-state index in [4.69, 9.17) is 23.2 Å². The number of benzene rings is 2. The molecule has 1 atom stereocenters. The molecular weight excluding hydrogens is 329 g/mol. The fraction of sp³-hybridized carbons (Fsp3) is 0.316. The van der Waals surface area contributed by atoms with Gasteiger partial charge in [-0.05, 0) is 48.6 Å². The van der Waals surface area contributed by atoms with E-state index < -0.39 is 0 Å². The van der Waals surface area contributed by atoms with Crippen LogP contribution in [0.2, 0.25) is 10.0 Å². The van der Waals surface area contributed by atoms with E-state index in [9.17, 15) is 4.79 Å². The summed E-state index contributed by atoms with van der Waals surface area (Å²) >= 11 is 11.9. The van der Waals surface area contributed by atoms with Gasteiger partial charge in [0.1, 0.15) is 0 Å². The summed E-state index contributed by atoms with van der Waals surface area (Å²) in [5, 5.41) is 3.77. The number of hydrogen-bond donors (Lipinski definition) is 1. The van der Waals surface area contributed by atoms with Gasteiger partial charge < -0.3 is 5.32 Å². The molecule has 0 radical (unpaired) electrons. The van der Waals surface area contributed by atoms with Crippen LogP contribution < -0.4 is 5.32 Å². The fourth-order valence-corrected chi connectivity index (χ4v) is 2.69. The number of amides is 1. The smallest absolute Gasteiger partial charge is 0.231 e. The first kappa shape index (κ1) is 17.8. The lowest BCUT2D eigenvalue weighted by Gasteiger charge is -2.14. The van der Waals surface area contributed by atoms with Gasteiger partial charge in [-0.25, -0.2) is 0 Å². The van der Waals surface area contributed by atoms with Crippen LogP contribution in [0.3, 0.4) is 0 Å². The van der Waals surface area contributed by atoms with Crippen molar-refractivity contribution in [3.05, 3.63) is 63.6 Å². The van der Waals surface area contributed by atoms with E-state index in [1.165, 1.54) is 5.56 Å². The Morgan fingerprint density at radius 3 is 2.22 bits per heavy atom. The average Bonchev–Trinajstić information content (AvgIpc) is 2.50. The molecule has 122 valence electrons. The number of hydrogen-bond acceptors (Lipinski definition) is 1. The Morgan fingerprint density at radius 2 is 1.65 bits per heavy atom. The Balaban J connectivity index is 2.05. The third-order valence-corrected chi connectivity index (χ3v) is 4.44. The van der Waals surface area contributed by atoms with Gasteiger partial charge >= 0.3 is 0 Å². The maximum atomic E-state index is 12.4. The molecule has 0 saturated heterocycles. The Kier molecular flexibility index (Phi) is 6.09. The standard InChI is InChI=1S/C19H21Cl2NO/c1-12(2)10-14-4-6-15(7-5-14)13(3)19(23)22-16-8-9-17(20)18(21)11-16/h4-9,11-13H,10H2,1-3H3,(H,22,23)/t13-/m1/s1. The van der Waals surface area contributed by atoms with Crippen molar-refractivity contribution < 1.29 is 4.79 Å². The zero-order valence-electron chi connectivity index (χ0n) is 13.6. The highest BCUT2D eigenvalue weighted by molar-refractivity contribution is 6.42. The van der Waals surface area contributed by atoms with Crippen LogP contribution in [0.15, 0.2) is 42.5 Å². The minimum Gasteiger partial charge on any atom is -0.326 e. The maximum Gasteiger partial charge on any atom is 0.231 e. The average molecular weight is 350 g/mol. The molecule has 0 aliphatic rings. The Hall–Kier alpha value is -1.51. The Bertz CT molecular complexity index is 680. The first-order valence-corrected chi connectivity index (χ1v) is 8.47. The number of halogens is 2. The number of anilines is 1. The van der Waals surface area contributed by atoms with Crippen molar-refractivity contribution in [2.24, 2.45) is 5.92 Å². The molecule has 2 aromatic carbocycles. The molecular formula is C19H21Cl2NO. The molecule has 0 spiro atoms. The lowest BCUT2D eigenvalue weighted by atomic mass is 9.96. The van der Waals surface area contributed by atoms with Crippen LogP contribution in [0.5, 0.6) is 0 Å². The molecule has 0 saturated carbocycles. The summed E-state index contributed by atoms with van der Waals surface area (Å²) in [4.78, 5) is 12.4. The number of nitrogens with one attached hydrogen (secondary N) is 1. The second-order valence-electron chi connectivity index (χ2n) is 6.18. The van der Waals surface area contributed by atoms with Gasteiger partial charge in [0.25, 0.3) is 0 Å². The molecule has 0 fully saturated rings. The fourth-order valence-electron chi connectivity index (χ4n) is 2.39. The predicted molar refractivity (Wildman–Crippen MR) is 98.5 cm³/mol. The topological polar surface area (TPSA) is 29.1 Å². The maximum absolute atomic E-state index is 12.4. The summed E-state index contributed by atoms with van der Waals surface area (Å²) in [5.74, 6) is 0.314. The minimum atomic E-state index is -0.238. The zero-order valence-corrected chi connectivity index (χ0v) is 15.1. The molecule has 1 N–H and O–H groups in total. The summed E-state index contributed by atoms with van der Waals surface area (Å²) in [7, 11) is 0. The Labute approximate surface area is 147 Å². The summed E-state index contributed by atoms with van der Waals surface area (Å²) in [6, 6.07) is 13.3. The molecule has 0 aliphatic carbocycles. The van der Waals surface area contributed by atoms with Gasteiger partial charge in [-0.1, -0.05) is 61.3 Å². The van der Waals surface area contributed by atoms with Gasteiger partial charge in [0, 0.05) is 5.69 Å². The minimum absolute atomic E-state index is 0.0694.